The first kappa shape index (κ1) is 14.6. The minimum absolute atomic E-state index is 0.0359. The van der Waals surface area contributed by atoms with Crippen LogP contribution in [0.15, 0.2) is 12.2 Å². The third-order valence-electron chi connectivity index (χ3n) is 1.71. The highest BCUT2D eigenvalue weighted by atomic mass is 16.5. The molecular formula is C11H18O5. The van der Waals surface area contributed by atoms with Gasteiger partial charge in [-0.25, -0.2) is 4.79 Å². The number of carbonyl (C=O) groups is 2. The van der Waals surface area contributed by atoms with E-state index in [1.807, 2.05) is 0 Å². The van der Waals surface area contributed by atoms with Crippen LogP contribution in [-0.4, -0.2) is 36.9 Å². The van der Waals surface area contributed by atoms with E-state index in [4.69, 9.17) is 5.11 Å². The SMILES string of the molecule is C=C(C)C(=O)OCCO.O=C1CCCCO1. The molecular weight excluding hydrogens is 212 g/mol. The number of aliphatic hydroxyl groups is 1. The first-order valence-electron chi connectivity index (χ1n) is 5.17. The van der Waals surface area contributed by atoms with Gasteiger partial charge in [0.2, 0.25) is 0 Å². The zero-order chi connectivity index (χ0) is 12.4. The molecule has 1 fully saturated rings. The van der Waals surface area contributed by atoms with Crippen molar-refractivity contribution in [2.75, 3.05) is 19.8 Å². The highest BCUT2D eigenvalue weighted by Gasteiger charge is 2.06. The second-order valence-electron chi connectivity index (χ2n) is 3.32. The Kier molecular flexibility index (Phi) is 8.15. The van der Waals surface area contributed by atoms with Gasteiger partial charge in [0.25, 0.3) is 0 Å². The number of esters is 2. The van der Waals surface area contributed by atoms with Crippen LogP contribution in [0.25, 0.3) is 0 Å². The molecule has 0 aromatic carbocycles. The summed E-state index contributed by atoms with van der Waals surface area (Å²) in [5, 5.41) is 8.19. The molecule has 0 aliphatic carbocycles. The fourth-order valence-corrected chi connectivity index (χ4v) is 0.891. The van der Waals surface area contributed by atoms with Gasteiger partial charge in [0, 0.05) is 12.0 Å². The summed E-state index contributed by atoms with van der Waals surface area (Å²) in [6.07, 6.45) is 2.69. The maximum atomic E-state index is 10.5. The summed E-state index contributed by atoms with van der Waals surface area (Å²) in [5.41, 5.74) is 0.350. The summed E-state index contributed by atoms with van der Waals surface area (Å²) < 4.78 is 9.10. The largest absolute Gasteiger partial charge is 0.466 e. The van der Waals surface area contributed by atoms with Crippen LogP contribution >= 0.6 is 0 Å². The molecule has 0 aromatic heterocycles. The standard InChI is InChI=1S/C6H10O3.C5H8O2/c1-5(2)6(8)9-4-3-7;6-5-3-1-2-4-7-5/h7H,1,3-4H2,2H3;1-4H2. The lowest BCUT2D eigenvalue weighted by Crippen LogP contribution is -2.10. The van der Waals surface area contributed by atoms with E-state index in [0.29, 0.717) is 18.6 Å². The molecule has 0 bridgehead atoms. The zero-order valence-corrected chi connectivity index (χ0v) is 9.53. The normalized spacial score (nSPS) is 14.2. The summed E-state index contributed by atoms with van der Waals surface area (Å²) in [6.45, 7) is 5.45. The van der Waals surface area contributed by atoms with Crippen molar-refractivity contribution in [3.8, 4) is 0 Å². The van der Waals surface area contributed by atoms with Crippen molar-refractivity contribution in [2.45, 2.75) is 26.2 Å². The highest BCUT2D eigenvalue weighted by Crippen LogP contribution is 2.04. The van der Waals surface area contributed by atoms with E-state index in [-0.39, 0.29) is 19.2 Å². The van der Waals surface area contributed by atoms with E-state index in [0.717, 1.165) is 12.8 Å². The minimum Gasteiger partial charge on any atom is -0.466 e. The zero-order valence-electron chi connectivity index (χ0n) is 9.53. The number of ether oxygens (including phenoxy) is 2. The van der Waals surface area contributed by atoms with Crippen LogP contribution < -0.4 is 0 Å². The molecule has 92 valence electrons. The van der Waals surface area contributed by atoms with Crippen LogP contribution in [0.1, 0.15) is 26.2 Å². The quantitative estimate of drug-likeness (QED) is 0.573. The molecule has 0 atom stereocenters. The van der Waals surface area contributed by atoms with Gasteiger partial charge in [-0.05, 0) is 19.8 Å². The minimum atomic E-state index is -0.455. The number of cyclic esters (lactones) is 1. The maximum absolute atomic E-state index is 10.5. The second kappa shape index (κ2) is 8.91. The topological polar surface area (TPSA) is 72.8 Å². The van der Waals surface area contributed by atoms with Crippen molar-refractivity contribution >= 4 is 11.9 Å². The van der Waals surface area contributed by atoms with Gasteiger partial charge in [-0.15, -0.1) is 0 Å². The Morgan fingerprint density at radius 2 is 2.25 bits per heavy atom. The smallest absolute Gasteiger partial charge is 0.333 e. The molecule has 0 aromatic rings. The van der Waals surface area contributed by atoms with Crippen LogP contribution in [0.2, 0.25) is 0 Å². The molecule has 0 saturated carbocycles. The van der Waals surface area contributed by atoms with Gasteiger partial charge in [0.1, 0.15) is 6.61 Å². The van der Waals surface area contributed by atoms with E-state index in [1.54, 1.807) is 6.92 Å². The summed E-state index contributed by atoms with van der Waals surface area (Å²) >= 11 is 0. The summed E-state index contributed by atoms with van der Waals surface area (Å²) in [6, 6.07) is 0. The van der Waals surface area contributed by atoms with E-state index in [9.17, 15) is 9.59 Å². The fraction of sp³-hybridized carbons (Fsp3) is 0.636. The van der Waals surface area contributed by atoms with Gasteiger partial charge in [0.15, 0.2) is 0 Å². The maximum Gasteiger partial charge on any atom is 0.333 e. The number of carbonyl (C=O) groups excluding carboxylic acids is 2. The Morgan fingerprint density at radius 3 is 2.56 bits per heavy atom. The lowest BCUT2D eigenvalue weighted by atomic mass is 10.2. The molecule has 5 nitrogen and oxygen atoms in total. The molecule has 0 radical (unpaired) electrons. The summed E-state index contributed by atoms with van der Waals surface area (Å²) in [5.74, 6) is -0.490. The van der Waals surface area contributed by atoms with Crippen molar-refractivity contribution in [3.05, 3.63) is 12.2 Å². The number of aliphatic hydroxyl groups excluding tert-OH is 1. The number of hydrogen-bond acceptors (Lipinski definition) is 5. The van der Waals surface area contributed by atoms with Crippen molar-refractivity contribution < 1.29 is 24.2 Å². The summed E-state index contributed by atoms with van der Waals surface area (Å²) in [4.78, 5) is 20.7. The molecule has 0 spiro atoms. The van der Waals surface area contributed by atoms with Gasteiger partial charge >= 0.3 is 11.9 Å². The molecule has 1 aliphatic heterocycles. The molecule has 16 heavy (non-hydrogen) atoms. The van der Waals surface area contributed by atoms with E-state index in [1.165, 1.54) is 0 Å². The Balaban J connectivity index is 0.000000288. The summed E-state index contributed by atoms with van der Waals surface area (Å²) in [7, 11) is 0. The van der Waals surface area contributed by atoms with Crippen molar-refractivity contribution in [2.24, 2.45) is 0 Å². The van der Waals surface area contributed by atoms with Crippen LogP contribution in [0, 0.1) is 0 Å². The van der Waals surface area contributed by atoms with Gasteiger partial charge in [-0.3, -0.25) is 4.79 Å². The molecule has 5 heteroatoms. The Bertz CT molecular complexity index is 239. The Morgan fingerprint density at radius 1 is 1.56 bits per heavy atom. The molecule has 0 amide bonds. The first-order chi connectivity index (χ1) is 7.57. The third kappa shape index (κ3) is 7.99. The van der Waals surface area contributed by atoms with Crippen LogP contribution in [0.3, 0.4) is 0 Å². The van der Waals surface area contributed by atoms with Crippen LogP contribution in [0.4, 0.5) is 0 Å². The van der Waals surface area contributed by atoms with Gasteiger partial charge < -0.3 is 14.6 Å². The highest BCUT2D eigenvalue weighted by molar-refractivity contribution is 5.86. The lowest BCUT2D eigenvalue weighted by Gasteiger charge is -2.08. The first-order valence-corrected chi connectivity index (χ1v) is 5.17. The van der Waals surface area contributed by atoms with E-state index < -0.39 is 5.97 Å². The molecule has 1 saturated heterocycles. The molecule has 1 rings (SSSR count). The fourth-order valence-electron chi connectivity index (χ4n) is 0.891. The Labute approximate surface area is 95.0 Å². The van der Waals surface area contributed by atoms with E-state index >= 15 is 0 Å². The average molecular weight is 230 g/mol. The predicted molar refractivity (Wildman–Crippen MR) is 57.7 cm³/mol. The van der Waals surface area contributed by atoms with Crippen molar-refractivity contribution in [1.29, 1.82) is 0 Å². The second-order valence-corrected chi connectivity index (χ2v) is 3.32. The van der Waals surface area contributed by atoms with Crippen LogP contribution in [0.5, 0.6) is 0 Å². The number of rotatable bonds is 3. The average Bonchev–Trinajstić information content (AvgIpc) is 2.27. The van der Waals surface area contributed by atoms with Gasteiger partial charge in [-0.1, -0.05) is 6.58 Å². The molecule has 1 aliphatic rings. The Hall–Kier alpha value is -1.36. The molecule has 1 N–H and O–H groups in total. The molecule has 1 heterocycles. The third-order valence-corrected chi connectivity index (χ3v) is 1.71. The van der Waals surface area contributed by atoms with Crippen molar-refractivity contribution in [1.82, 2.24) is 0 Å². The molecule has 0 unspecified atom stereocenters. The lowest BCUT2D eigenvalue weighted by molar-refractivity contribution is -0.146. The van der Waals surface area contributed by atoms with Crippen molar-refractivity contribution in [3.63, 3.8) is 0 Å². The van der Waals surface area contributed by atoms with E-state index in [2.05, 4.69) is 16.1 Å². The predicted octanol–water partition coefficient (Wildman–Crippen LogP) is 0.812. The van der Waals surface area contributed by atoms with Gasteiger partial charge in [0.05, 0.1) is 13.2 Å². The number of hydrogen-bond donors (Lipinski definition) is 1. The van der Waals surface area contributed by atoms with Crippen LogP contribution in [-0.2, 0) is 19.1 Å². The van der Waals surface area contributed by atoms with Gasteiger partial charge in [-0.2, -0.15) is 0 Å². The monoisotopic (exact) mass is 230 g/mol.